The Bertz CT molecular complexity index is 708. The van der Waals surface area contributed by atoms with Crippen LogP contribution in [-0.4, -0.2) is 29.1 Å². The van der Waals surface area contributed by atoms with Crippen LogP contribution in [0, 0.1) is 0 Å². The van der Waals surface area contributed by atoms with Gasteiger partial charge in [-0.2, -0.15) is 0 Å². The Kier molecular flexibility index (Phi) is 13.2. The van der Waals surface area contributed by atoms with Crippen LogP contribution in [0.15, 0.2) is 60.7 Å². The minimum atomic E-state index is -1.22. The first-order valence-electron chi connectivity index (χ1n) is 11.3. The third-order valence-corrected chi connectivity index (χ3v) is 5.94. The van der Waals surface area contributed by atoms with Crippen molar-refractivity contribution in [2.24, 2.45) is 0 Å². The summed E-state index contributed by atoms with van der Waals surface area (Å²) in [5.74, 6) is -0.579. The molecule has 0 aliphatic heterocycles. The van der Waals surface area contributed by atoms with Gasteiger partial charge in [0.25, 0.3) is 0 Å². The Labute approximate surface area is 195 Å². The summed E-state index contributed by atoms with van der Waals surface area (Å²) < 4.78 is 11.2. The first-order chi connectivity index (χ1) is 15.2. The van der Waals surface area contributed by atoms with Crippen molar-refractivity contribution in [1.29, 1.82) is 0 Å². The Morgan fingerprint density at radius 1 is 0.839 bits per heavy atom. The molecule has 2 aromatic carbocycles. The highest BCUT2D eigenvalue weighted by Gasteiger charge is 2.22. The minimum absolute atomic E-state index is 0.201. The van der Waals surface area contributed by atoms with E-state index in [1.54, 1.807) is 24.3 Å². The molecule has 0 heterocycles. The molecule has 5 heteroatoms. The molecule has 0 aliphatic carbocycles. The summed E-state index contributed by atoms with van der Waals surface area (Å²) in [5, 5.41) is 10.7. The number of carbonyl (C=O) groups is 1. The van der Waals surface area contributed by atoms with Crippen LogP contribution in [0.5, 0.6) is 0 Å². The zero-order valence-electron chi connectivity index (χ0n) is 18.3. The molecule has 0 spiro atoms. The molecule has 0 unspecified atom stereocenters. The van der Waals surface area contributed by atoms with E-state index in [4.69, 9.17) is 9.47 Å². The van der Waals surface area contributed by atoms with E-state index in [0.717, 1.165) is 32.3 Å². The maximum absolute atomic E-state index is 12.2. The fourth-order valence-corrected chi connectivity index (χ4v) is 3.85. The molecule has 0 radical (unpaired) electrons. The molecule has 0 saturated carbocycles. The van der Waals surface area contributed by atoms with Gasteiger partial charge in [0, 0.05) is 11.9 Å². The second-order valence-electron chi connectivity index (χ2n) is 7.83. The first-order valence-corrected chi connectivity index (χ1v) is 12.4. The number of ether oxygens (including phenoxy) is 2. The fourth-order valence-electron chi connectivity index (χ4n) is 3.39. The number of halogens is 1. The van der Waals surface area contributed by atoms with Crippen molar-refractivity contribution in [1.82, 2.24) is 0 Å². The molecule has 0 aromatic heterocycles. The normalized spacial score (nSPS) is 13.0. The van der Waals surface area contributed by atoms with E-state index >= 15 is 0 Å². The summed E-state index contributed by atoms with van der Waals surface area (Å²) in [6.07, 6.45) is 7.50. The van der Waals surface area contributed by atoms with Gasteiger partial charge in [-0.1, -0.05) is 109 Å². The smallest absolute Gasteiger partial charge is 0.339 e. The number of hydrogen-bond donors (Lipinski definition) is 1. The largest absolute Gasteiger partial charge is 0.459 e. The van der Waals surface area contributed by atoms with Crippen molar-refractivity contribution >= 4 is 21.9 Å². The Balaban J connectivity index is 1.45. The molecule has 2 aromatic rings. The number of hydrogen-bond acceptors (Lipinski definition) is 4. The van der Waals surface area contributed by atoms with E-state index in [9.17, 15) is 9.90 Å². The van der Waals surface area contributed by atoms with Crippen LogP contribution in [0.25, 0.3) is 0 Å². The highest BCUT2D eigenvalue weighted by Crippen LogP contribution is 2.18. The van der Waals surface area contributed by atoms with Crippen LogP contribution in [0.3, 0.4) is 0 Å². The summed E-state index contributed by atoms with van der Waals surface area (Å²) in [6.45, 7) is 1.52. The molecule has 2 rings (SSSR count). The third-order valence-electron chi connectivity index (χ3n) is 5.22. The predicted octanol–water partition coefficient (Wildman–Crippen LogP) is 6.36. The van der Waals surface area contributed by atoms with E-state index < -0.39 is 12.1 Å². The first kappa shape index (κ1) is 25.6. The molecule has 31 heavy (non-hydrogen) atoms. The summed E-state index contributed by atoms with van der Waals surface area (Å²) in [7, 11) is 0. The highest BCUT2D eigenvalue weighted by molar-refractivity contribution is 9.09. The van der Waals surface area contributed by atoms with Gasteiger partial charge in [-0.05, 0) is 30.4 Å². The van der Waals surface area contributed by atoms with Gasteiger partial charge in [0.05, 0.1) is 6.61 Å². The minimum Gasteiger partial charge on any atom is -0.459 e. The molecule has 4 nitrogen and oxygen atoms in total. The van der Waals surface area contributed by atoms with E-state index in [1.807, 2.05) is 24.3 Å². The van der Waals surface area contributed by atoms with Crippen molar-refractivity contribution in [2.45, 2.75) is 70.2 Å². The van der Waals surface area contributed by atoms with Gasteiger partial charge in [-0.25, -0.2) is 4.79 Å². The van der Waals surface area contributed by atoms with Crippen molar-refractivity contribution in [3.05, 3.63) is 71.8 Å². The quantitative estimate of drug-likeness (QED) is 0.169. The van der Waals surface area contributed by atoms with Gasteiger partial charge in [-0.3, -0.25) is 0 Å². The number of aliphatic hydroxyl groups excluding tert-OH is 1. The second-order valence-corrected chi connectivity index (χ2v) is 8.48. The van der Waals surface area contributed by atoms with Gasteiger partial charge < -0.3 is 14.6 Å². The predicted molar refractivity (Wildman–Crippen MR) is 128 cm³/mol. The van der Waals surface area contributed by atoms with Crippen LogP contribution < -0.4 is 0 Å². The van der Waals surface area contributed by atoms with Crippen molar-refractivity contribution in [3.8, 4) is 0 Å². The molecular formula is C26H35BrO4. The Morgan fingerprint density at radius 2 is 1.42 bits per heavy atom. The van der Waals surface area contributed by atoms with Crippen molar-refractivity contribution in [3.63, 3.8) is 0 Å². The molecule has 2 atom stereocenters. The SMILES string of the molecule is O=C(O[C@@H](CBr)CCCCCCCCCOCc1ccccc1)[C@@H](O)c1ccccc1. The second kappa shape index (κ2) is 16.0. The number of rotatable bonds is 16. The van der Waals surface area contributed by atoms with Gasteiger partial charge in [0.15, 0.2) is 6.10 Å². The van der Waals surface area contributed by atoms with Crippen LogP contribution in [0.2, 0.25) is 0 Å². The van der Waals surface area contributed by atoms with Crippen LogP contribution in [0.1, 0.15) is 68.6 Å². The number of unbranched alkanes of at least 4 members (excludes halogenated alkanes) is 6. The average molecular weight is 491 g/mol. The average Bonchev–Trinajstić information content (AvgIpc) is 2.82. The third kappa shape index (κ3) is 10.9. The fraction of sp³-hybridized carbons (Fsp3) is 0.500. The zero-order valence-corrected chi connectivity index (χ0v) is 19.8. The Morgan fingerprint density at radius 3 is 2.06 bits per heavy atom. The number of benzene rings is 2. The van der Waals surface area contributed by atoms with E-state index in [-0.39, 0.29) is 6.10 Å². The number of carbonyl (C=O) groups excluding carboxylic acids is 1. The summed E-state index contributed by atoms with van der Waals surface area (Å²) in [4.78, 5) is 12.2. The molecule has 0 amide bonds. The standard InChI is InChI=1S/C26H35BrO4/c27-20-24(31-26(29)25(28)23-16-10-7-11-17-23)18-12-4-2-1-3-5-13-19-30-21-22-14-8-6-9-15-22/h6-11,14-17,24-25,28H,1-5,12-13,18-21H2/t24-,25+/m1/s1. The lowest BCUT2D eigenvalue weighted by Gasteiger charge is -2.18. The lowest BCUT2D eigenvalue weighted by Crippen LogP contribution is -2.24. The molecular weight excluding hydrogens is 456 g/mol. The van der Waals surface area contributed by atoms with Crippen LogP contribution >= 0.6 is 15.9 Å². The van der Waals surface area contributed by atoms with Crippen LogP contribution in [0.4, 0.5) is 0 Å². The molecule has 0 fully saturated rings. The molecule has 0 aliphatic rings. The van der Waals surface area contributed by atoms with Crippen molar-refractivity contribution in [2.75, 3.05) is 11.9 Å². The van der Waals surface area contributed by atoms with Gasteiger partial charge in [0.2, 0.25) is 0 Å². The lowest BCUT2D eigenvalue weighted by molar-refractivity contribution is -0.158. The molecule has 0 bridgehead atoms. The van der Waals surface area contributed by atoms with Gasteiger partial charge in [-0.15, -0.1) is 0 Å². The van der Waals surface area contributed by atoms with Crippen LogP contribution in [-0.2, 0) is 20.9 Å². The van der Waals surface area contributed by atoms with Crippen molar-refractivity contribution < 1.29 is 19.4 Å². The van der Waals surface area contributed by atoms with E-state index in [1.165, 1.54) is 31.2 Å². The summed E-state index contributed by atoms with van der Waals surface area (Å²) in [5.41, 5.74) is 1.79. The van der Waals surface area contributed by atoms with E-state index in [2.05, 4.69) is 28.1 Å². The highest BCUT2D eigenvalue weighted by atomic mass is 79.9. The topological polar surface area (TPSA) is 55.8 Å². The van der Waals surface area contributed by atoms with E-state index in [0.29, 0.717) is 17.5 Å². The maximum Gasteiger partial charge on any atom is 0.339 e. The number of aliphatic hydroxyl groups is 1. The maximum atomic E-state index is 12.2. The van der Waals surface area contributed by atoms with Gasteiger partial charge in [0.1, 0.15) is 6.10 Å². The lowest BCUT2D eigenvalue weighted by atomic mass is 10.1. The number of alkyl halides is 1. The summed E-state index contributed by atoms with van der Waals surface area (Å²) >= 11 is 3.42. The molecule has 0 saturated heterocycles. The molecule has 170 valence electrons. The Hall–Kier alpha value is -1.69. The summed E-state index contributed by atoms with van der Waals surface area (Å²) in [6, 6.07) is 19.2. The molecule has 1 N–H and O–H groups in total. The van der Waals surface area contributed by atoms with Gasteiger partial charge >= 0.3 is 5.97 Å². The number of esters is 1. The zero-order chi connectivity index (χ0) is 22.2. The monoisotopic (exact) mass is 490 g/mol.